The number of hydrogen-bond acceptors (Lipinski definition) is 2. The van der Waals surface area contributed by atoms with Gasteiger partial charge in [0.15, 0.2) is 11.6 Å². The summed E-state index contributed by atoms with van der Waals surface area (Å²) >= 11 is 5.87. The summed E-state index contributed by atoms with van der Waals surface area (Å²) in [6.07, 6.45) is -0.316. The van der Waals surface area contributed by atoms with Crippen LogP contribution in [-0.4, -0.2) is 35.0 Å². The molecule has 2 atom stereocenters. The van der Waals surface area contributed by atoms with Crippen molar-refractivity contribution in [2.45, 2.75) is 12.3 Å². The first-order valence-electron chi connectivity index (χ1n) is 8.05. The summed E-state index contributed by atoms with van der Waals surface area (Å²) in [4.78, 5) is 25.5. The Morgan fingerprint density at radius 1 is 1.12 bits per heavy atom. The molecule has 1 heterocycles. The molecule has 0 bridgehead atoms. The van der Waals surface area contributed by atoms with Crippen LogP contribution in [0.25, 0.3) is 0 Å². The topological polar surface area (TPSA) is 57.6 Å². The monoisotopic (exact) mass is 379 g/mol. The number of carbonyl (C=O) groups excluding carboxylic acids is 1. The third-order valence-electron chi connectivity index (χ3n) is 4.66. The quantitative estimate of drug-likeness (QED) is 0.884. The van der Waals surface area contributed by atoms with Crippen molar-refractivity contribution in [2.24, 2.45) is 5.92 Å². The molecule has 0 saturated carbocycles. The Morgan fingerprint density at radius 2 is 1.81 bits per heavy atom. The second-order valence-corrected chi connectivity index (χ2v) is 6.73. The number of halogens is 3. The van der Waals surface area contributed by atoms with Gasteiger partial charge in [0.05, 0.1) is 12.3 Å². The predicted octanol–water partition coefficient (Wildman–Crippen LogP) is 3.49. The molecular weight excluding hydrogens is 364 g/mol. The summed E-state index contributed by atoms with van der Waals surface area (Å²) in [5.74, 6) is -4.65. The minimum Gasteiger partial charge on any atom is -0.481 e. The van der Waals surface area contributed by atoms with Crippen LogP contribution in [0.1, 0.15) is 17.0 Å². The number of carboxylic acid groups (broad SMARTS) is 1. The van der Waals surface area contributed by atoms with Crippen LogP contribution in [0.4, 0.5) is 8.78 Å². The molecule has 0 radical (unpaired) electrons. The van der Waals surface area contributed by atoms with Crippen LogP contribution in [0.3, 0.4) is 0 Å². The van der Waals surface area contributed by atoms with Gasteiger partial charge >= 0.3 is 5.97 Å². The lowest BCUT2D eigenvalue weighted by Crippen LogP contribution is -2.31. The molecule has 0 unspecified atom stereocenters. The van der Waals surface area contributed by atoms with Gasteiger partial charge in [-0.15, -0.1) is 0 Å². The van der Waals surface area contributed by atoms with Crippen LogP contribution in [0.2, 0.25) is 5.02 Å². The highest BCUT2D eigenvalue weighted by molar-refractivity contribution is 6.30. The molecular formula is C19H16ClF2NO3. The molecule has 1 aliphatic heterocycles. The van der Waals surface area contributed by atoms with Crippen molar-refractivity contribution in [3.05, 3.63) is 70.2 Å². The molecule has 2 aromatic carbocycles. The van der Waals surface area contributed by atoms with Crippen LogP contribution in [0, 0.1) is 17.6 Å². The second-order valence-electron chi connectivity index (χ2n) is 6.29. The van der Waals surface area contributed by atoms with E-state index in [0.29, 0.717) is 5.02 Å². The molecule has 1 N–H and O–H groups in total. The molecule has 0 aliphatic carbocycles. The number of likely N-dealkylation sites (tertiary alicyclic amines) is 1. The zero-order valence-corrected chi connectivity index (χ0v) is 14.4. The lowest BCUT2D eigenvalue weighted by molar-refractivity contribution is -0.141. The average molecular weight is 380 g/mol. The molecule has 2 aromatic rings. The zero-order chi connectivity index (χ0) is 18.8. The highest BCUT2D eigenvalue weighted by Crippen LogP contribution is 2.34. The van der Waals surface area contributed by atoms with Gasteiger partial charge < -0.3 is 10.0 Å². The fourth-order valence-corrected chi connectivity index (χ4v) is 3.39. The van der Waals surface area contributed by atoms with Crippen molar-refractivity contribution < 1.29 is 23.5 Å². The van der Waals surface area contributed by atoms with E-state index < -0.39 is 29.4 Å². The largest absolute Gasteiger partial charge is 0.481 e. The number of carboxylic acids is 1. The minimum atomic E-state index is -1.05. The molecule has 136 valence electrons. The molecule has 7 heteroatoms. The van der Waals surface area contributed by atoms with E-state index in [1.807, 2.05) is 0 Å². The van der Waals surface area contributed by atoms with E-state index in [9.17, 15) is 23.5 Å². The van der Waals surface area contributed by atoms with E-state index in [-0.39, 0.29) is 31.0 Å². The first-order chi connectivity index (χ1) is 12.4. The van der Waals surface area contributed by atoms with Crippen LogP contribution < -0.4 is 0 Å². The van der Waals surface area contributed by atoms with Crippen LogP contribution in [0.5, 0.6) is 0 Å². The molecule has 1 saturated heterocycles. The van der Waals surface area contributed by atoms with Crippen LogP contribution in [0.15, 0.2) is 42.5 Å². The van der Waals surface area contributed by atoms with Gasteiger partial charge in [0.25, 0.3) is 0 Å². The Kier molecular flexibility index (Phi) is 5.23. The molecule has 26 heavy (non-hydrogen) atoms. The van der Waals surface area contributed by atoms with Crippen LogP contribution >= 0.6 is 11.6 Å². The molecule has 1 aliphatic rings. The predicted molar refractivity (Wildman–Crippen MR) is 92.0 cm³/mol. The van der Waals surface area contributed by atoms with E-state index in [0.717, 1.165) is 11.6 Å². The molecule has 0 spiro atoms. The van der Waals surface area contributed by atoms with Crippen molar-refractivity contribution in [1.29, 1.82) is 0 Å². The van der Waals surface area contributed by atoms with Gasteiger partial charge in [0.1, 0.15) is 0 Å². The first kappa shape index (κ1) is 18.3. The number of benzene rings is 2. The Balaban J connectivity index is 1.78. The number of rotatable bonds is 4. The van der Waals surface area contributed by atoms with Gasteiger partial charge in [-0.25, -0.2) is 8.78 Å². The van der Waals surface area contributed by atoms with E-state index >= 15 is 0 Å². The lowest BCUT2D eigenvalue weighted by Gasteiger charge is -2.17. The SMILES string of the molecule is O=C(O)[C@@H]1CN(C(=O)Cc2cccc(F)c2F)C[C@H]1c1ccc(Cl)cc1. The van der Waals surface area contributed by atoms with Gasteiger partial charge in [-0.3, -0.25) is 9.59 Å². The number of nitrogens with zero attached hydrogens (tertiary/aromatic N) is 1. The number of amides is 1. The maximum Gasteiger partial charge on any atom is 0.308 e. The number of carbonyl (C=O) groups is 2. The van der Waals surface area contributed by atoms with Crippen molar-refractivity contribution in [3.63, 3.8) is 0 Å². The van der Waals surface area contributed by atoms with Crippen LogP contribution in [-0.2, 0) is 16.0 Å². The van der Waals surface area contributed by atoms with Crippen molar-refractivity contribution in [2.75, 3.05) is 13.1 Å². The normalized spacial score (nSPS) is 19.6. The molecule has 3 rings (SSSR count). The Labute approximate surface area is 154 Å². The van der Waals surface area contributed by atoms with Gasteiger partial charge in [0.2, 0.25) is 5.91 Å². The highest BCUT2D eigenvalue weighted by atomic mass is 35.5. The standard InChI is InChI=1S/C19H16ClF2NO3/c20-13-6-4-11(5-7-13)14-9-23(10-15(14)19(25)26)17(24)8-12-2-1-3-16(21)18(12)22/h1-7,14-15H,8-10H2,(H,25,26)/t14-,15+/m0/s1. The van der Waals surface area contributed by atoms with Crippen molar-refractivity contribution >= 4 is 23.5 Å². The smallest absolute Gasteiger partial charge is 0.308 e. The van der Waals surface area contributed by atoms with Crippen molar-refractivity contribution in [3.8, 4) is 0 Å². The average Bonchev–Trinajstić information content (AvgIpc) is 3.05. The fourth-order valence-electron chi connectivity index (χ4n) is 3.27. The molecule has 1 fully saturated rings. The second kappa shape index (κ2) is 7.41. The number of hydrogen-bond donors (Lipinski definition) is 1. The van der Waals surface area contributed by atoms with Gasteiger partial charge in [-0.2, -0.15) is 0 Å². The molecule has 0 aromatic heterocycles. The summed E-state index contributed by atoms with van der Waals surface area (Å²) < 4.78 is 27.1. The Hall–Kier alpha value is -2.47. The third kappa shape index (κ3) is 3.70. The van der Waals surface area contributed by atoms with Gasteiger partial charge in [-0.05, 0) is 23.8 Å². The summed E-state index contributed by atoms with van der Waals surface area (Å²) in [5.41, 5.74) is 0.728. The maximum atomic E-state index is 13.8. The van der Waals surface area contributed by atoms with E-state index in [1.54, 1.807) is 24.3 Å². The Morgan fingerprint density at radius 3 is 2.46 bits per heavy atom. The minimum absolute atomic E-state index is 0.0262. The summed E-state index contributed by atoms with van der Waals surface area (Å²) in [5, 5.41) is 10.0. The van der Waals surface area contributed by atoms with E-state index in [2.05, 4.69) is 0 Å². The summed E-state index contributed by atoms with van der Waals surface area (Å²) in [7, 11) is 0. The summed E-state index contributed by atoms with van der Waals surface area (Å²) in [6.45, 7) is 0.229. The lowest BCUT2D eigenvalue weighted by atomic mass is 9.89. The number of aliphatic carboxylic acids is 1. The summed E-state index contributed by atoms with van der Waals surface area (Å²) in [6, 6.07) is 10.5. The zero-order valence-electron chi connectivity index (χ0n) is 13.7. The molecule has 4 nitrogen and oxygen atoms in total. The Bertz CT molecular complexity index is 841. The first-order valence-corrected chi connectivity index (χ1v) is 8.43. The van der Waals surface area contributed by atoms with Gasteiger partial charge in [-0.1, -0.05) is 35.9 Å². The van der Waals surface area contributed by atoms with E-state index in [4.69, 9.17) is 11.6 Å². The third-order valence-corrected chi connectivity index (χ3v) is 4.91. The fraction of sp³-hybridized carbons (Fsp3) is 0.263. The van der Waals surface area contributed by atoms with E-state index in [1.165, 1.54) is 17.0 Å². The molecule has 1 amide bonds. The van der Waals surface area contributed by atoms with Crippen molar-refractivity contribution in [1.82, 2.24) is 4.90 Å². The maximum absolute atomic E-state index is 13.8. The van der Waals surface area contributed by atoms with Gasteiger partial charge in [0, 0.05) is 29.6 Å². The highest BCUT2D eigenvalue weighted by Gasteiger charge is 2.40.